The number of fused-ring (bicyclic) bond motifs is 1. The van der Waals surface area contributed by atoms with E-state index in [9.17, 15) is 30.8 Å². The number of carbonyl (C=O) groups excluding carboxylic acids is 1. The van der Waals surface area contributed by atoms with Crippen LogP contribution < -0.4 is 10.6 Å². The molecule has 1 aliphatic carbocycles. The lowest BCUT2D eigenvalue weighted by Gasteiger charge is -2.14. The highest BCUT2D eigenvalue weighted by molar-refractivity contribution is 7.90. The van der Waals surface area contributed by atoms with Gasteiger partial charge >= 0.3 is 0 Å². The van der Waals surface area contributed by atoms with Crippen LogP contribution in [0.25, 0.3) is 22.3 Å². The van der Waals surface area contributed by atoms with E-state index in [-0.39, 0.29) is 33.3 Å². The quantitative estimate of drug-likeness (QED) is 0.291. The second-order valence-electron chi connectivity index (χ2n) is 9.06. The monoisotopic (exact) mass is 551 g/mol. The molecule has 4 aromatic rings. The molecule has 1 saturated carbocycles. The number of H-pyrrole nitrogens is 1. The zero-order chi connectivity index (χ0) is 27.6. The molecule has 3 N–H and O–H groups in total. The summed E-state index contributed by atoms with van der Waals surface area (Å²) in [5.74, 6) is -6.53. The first-order chi connectivity index (χ1) is 17.7. The predicted octanol–water partition coefficient (Wildman–Crippen LogP) is 4.35. The predicted molar refractivity (Wildman–Crippen MR) is 130 cm³/mol. The van der Waals surface area contributed by atoms with Crippen molar-refractivity contribution in [3.05, 3.63) is 42.0 Å². The van der Waals surface area contributed by atoms with Gasteiger partial charge in [0.1, 0.15) is 17.3 Å². The van der Waals surface area contributed by atoms with E-state index in [4.69, 9.17) is 0 Å². The fourth-order valence-electron chi connectivity index (χ4n) is 4.01. The summed E-state index contributed by atoms with van der Waals surface area (Å²) in [6.45, 7) is 1.83. The van der Waals surface area contributed by atoms with Gasteiger partial charge in [-0.2, -0.15) is 5.10 Å². The number of imidazole rings is 1. The standard InChI is InChI=1S/C23H21F4N7O3S/c1-10-12(9-28-34(10)2)11-4-5-14(16(6-11)38(3,36)37)29-15-7-17(31-22(35)13-8-23(13,26)27)30-20-18(15)32-21(33-20)19(24)25/h4-7,9,13,19H,8H2,1-3H3,(H3,29,30,31,32,33,35)/t13-/m1/s1. The smallest absolute Gasteiger partial charge is 0.295 e. The molecule has 0 spiro atoms. The molecule has 1 fully saturated rings. The number of aromatic nitrogens is 5. The second kappa shape index (κ2) is 8.79. The number of aromatic amines is 1. The molecule has 3 aromatic heterocycles. The van der Waals surface area contributed by atoms with E-state index in [2.05, 4.69) is 30.7 Å². The maximum atomic E-state index is 13.4. The van der Waals surface area contributed by atoms with E-state index in [1.54, 1.807) is 24.0 Å². The van der Waals surface area contributed by atoms with Crippen molar-refractivity contribution in [3.63, 3.8) is 0 Å². The normalized spacial score (nSPS) is 16.7. The van der Waals surface area contributed by atoms with Gasteiger partial charge in [-0.1, -0.05) is 6.07 Å². The summed E-state index contributed by atoms with van der Waals surface area (Å²) in [7, 11) is -2.05. The molecule has 1 aromatic carbocycles. The molecule has 10 nitrogen and oxygen atoms in total. The van der Waals surface area contributed by atoms with Crippen molar-refractivity contribution in [2.75, 3.05) is 16.9 Å². The minimum absolute atomic E-state index is 0.0196. The molecular weight excluding hydrogens is 530 g/mol. The number of nitrogens with zero attached hydrogens (tertiary/aromatic N) is 4. The Morgan fingerprint density at radius 1 is 1.21 bits per heavy atom. The van der Waals surface area contributed by atoms with Crippen LogP contribution in [0.3, 0.4) is 0 Å². The van der Waals surface area contributed by atoms with Gasteiger partial charge in [0, 0.05) is 37.0 Å². The molecule has 1 atom stereocenters. The van der Waals surface area contributed by atoms with Gasteiger partial charge in [0.15, 0.2) is 21.3 Å². The number of carbonyl (C=O) groups is 1. The number of anilines is 3. The molecule has 0 radical (unpaired) electrons. The van der Waals surface area contributed by atoms with Crippen molar-refractivity contribution in [1.82, 2.24) is 24.7 Å². The average molecular weight is 552 g/mol. The van der Waals surface area contributed by atoms with E-state index < -0.39 is 46.3 Å². The highest BCUT2D eigenvalue weighted by Gasteiger charge is 2.61. The number of hydrogen-bond acceptors (Lipinski definition) is 7. The molecule has 15 heteroatoms. The summed E-state index contributed by atoms with van der Waals surface area (Å²) in [6.07, 6.45) is -0.967. The van der Waals surface area contributed by atoms with Crippen LogP contribution in [0.2, 0.25) is 0 Å². The van der Waals surface area contributed by atoms with Gasteiger partial charge in [-0.3, -0.25) is 9.48 Å². The second-order valence-corrected chi connectivity index (χ2v) is 11.0. The number of hydrogen-bond donors (Lipinski definition) is 3. The number of benzene rings is 1. The zero-order valence-electron chi connectivity index (χ0n) is 20.2. The van der Waals surface area contributed by atoms with E-state index >= 15 is 0 Å². The number of amides is 1. The fraction of sp³-hybridized carbons (Fsp3) is 0.304. The number of rotatable bonds is 7. The SMILES string of the molecule is Cc1c(-c2ccc(Nc3cc(NC(=O)[C@H]4CC4(F)F)nc4[nH]c(C(F)F)nc34)c(S(C)(=O)=O)c2)cnn1C. The molecule has 1 amide bonds. The summed E-state index contributed by atoms with van der Waals surface area (Å²) >= 11 is 0. The minimum atomic E-state index is -3.80. The van der Waals surface area contributed by atoms with E-state index in [1.165, 1.54) is 18.2 Å². The van der Waals surface area contributed by atoms with Crippen LogP contribution >= 0.6 is 0 Å². The number of nitrogens with one attached hydrogen (secondary N) is 3. The van der Waals surface area contributed by atoms with Gasteiger partial charge in [-0.15, -0.1) is 0 Å². The van der Waals surface area contributed by atoms with Crippen LogP contribution in [0.15, 0.2) is 35.4 Å². The van der Waals surface area contributed by atoms with E-state index in [0.29, 0.717) is 11.1 Å². The first-order valence-corrected chi connectivity index (χ1v) is 13.1. The largest absolute Gasteiger partial charge is 0.352 e. The number of pyridine rings is 1. The molecule has 0 bridgehead atoms. The van der Waals surface area contributed by atoms with Gasteiger partial charge < -0.3 is 15.6 Å². The topological polar surface area (TPSA) is 135 Å². The van der Waals surface area contributed by atoms with Crippen LogP contribution in [0.1, 0.15) is 24.4 Å². The lowest BCUT2D eigenvalue weighted by molar-refractivity contribution is -0.119. The zero-order valence-corrected chi connectivity index (χ0v) is 21.0. The average Bonchev–Trinajstić information content (AvgIpc) is 3.12. The summed E-state index contributed by atoms with van der Waals surface area (Å²) in [4.78, 5) is 22.3. The van der Waals surface area contributed by atoms with Crippen molar-refractivity contribution in [2.45, 2.75) is 30.6 Å². The van der Waals surface area contributed by atoms with E-state index in [0.717, 1.165) is 11.9 Å². The van der Waals surface area contributed by atoms with E-state index in [1.807, 2.05) is 6.92 Å². The number of alkyl halides is 4. The van der Waals surface area contributed by atoms with Crippen LogP contribution in [0, 0.1) is 12.8 Å². The van der Waals surface area contributed by atoms with Crippen LogP contribution in [-0.4, -0.2) is 51.2 Å². The Balaban J connectivity index is 1.58. The number of halogens is 4. The highest BCUT2D eigenvalue weighted by Crippen LogP contribution is 2.49. The molecule has 1 aliphatic rings. The van der Waals surface area contributed by atoms with Gasteiger partial charge in [-0.25, -0.2) is 35.9 Å². The minimum Gasteiger partial charge on any atom is -0.352 e. The third-order valence-electron chi connectivity index (χ3n) is 6.27. The maximum absolute atomic E-state index is 13.4. The van der Waals surface area contributed by atoms with Crippen LogP contribution in [0.4, 0.5) is 34.8 Å². The van der Waals surface area contributed by atoms with Crippen molar-refractivity contribution in [2.24, 2.45) is 13.0 Å². The first kappa shape index (κ1) is 25.6. The summed E-state index contributed by atoms with van der Waals surface area (Å²) < 4.78 is 80.4. The van der Waals surface area contributed by atoms with Crippen molar-refractivity contribution in [1.29, 1.82) is 0 Å². The third kappa shape index (κ3) is 4.68. The molecule has 38 heavy (non-hydrogen) atoms. The Morgan fingerprint density at radius 3 is 2.50 bits per heavy atom. The molecule has 0 saturated heterocycles. The Bertz CT molecular complexity index is 1700. The third-order valence-corrected chi connectivity index (χ3v) is 7.41. The van der Waals surface area contributed by atoms with Gasteiger partial charge in [-0.05, 0) is 24.6 Å². The summed E-state index contributed by atoms with van der Waals surface area (Å²) in [5, 5.41) is 9.32. The Morgan fingerprint density at radius 2 is 1.92 bits per heavy atom. The highest BCUT2D eigenvalue weighted by atomic mass is 32.2. The lowest BCUT2D eigenvalue weighted by atomic mass is 10.1. The van der Waals surface area contributed by atoms with Gasteiger partial charge in [0.2, 0.25) is 5.91 Å². The van der Waals surface area contributed by atoms with Crippen molar-refractivity contribution < 1.29 is 30.8 Å². The fourth-order valence-corrected chi connectivity index (χ4v) is 4.87. The number of aryl methyl sites for hydroxylation is 1. The Kier molecular flexibility index (Phi) is 5.93. The summed E-state index contributed by atoms with van der Waals surface area (Å²) in [5.41, 5.74) is 1.99. The Hall–Kier alpha value is -4.01. The van der Waals surface area contributed by atoms with Crippen molar-refractivity contribution >= 4 is 44.1 Å². The van der Waals surface area contributed by atoms with Crippen LogP contribution in [-0.2, 0) is 21.7 Å². The Labute approximate surface area is 213 Å². The van der Waals surface area contributed by atoms with Crippen molar-refractivity contribution in [3.8, 4) is 11.1 Å². The maximum Gasteiger partial charge on any atom is 0.295 e. The van der Waals surface area contributed by atoms with Crippen LogP contribution in [0.5, 0.6) is 0 Å². The number of sulfone groups is 1. The lowest BCUT2D eigenvalue weighted by Crippen LogP contribution is -2.18. The molecular formula is C23H21F4N7O3S. The first-order valence-electron chi connectivity index (χ1n) is 11.2. The molecule has 200 valence electrons. The van der Waals surface area contributed by atoms with Gasteiger partial charge in [0.05, 0.1) is 22.5 Å². The summed E-state index contributed by atoms with van der Waals surface area (Å²) in [6, 6.07) is 5.82. The molecule has 3 heterocycles. The molecule has 5 rings (SSSR count). The molecule has 0 unspecified atom stereocenters. The molecule has 0 aliphatic heterocycles. The van der Waals surface area contributed by atoms with Gasteiger partial charge in [0.25, 0.3) is 12.3 Å².